The Kier molecular flexibility index (Phi) is 4.22. The van der Waals surface area contributed by atoms with Crippen molar-refractivity contribution in [1.29, 1.82) is 0 Å². The lowest BCUT2D eigenvalue weighted by atomic mass is 10.1. The second kappa shape index (κ2) is 6.32. The molecule has 8 heteroatoms. The van der Waals surface area contributed by atoms with Gasteiger partial charge in [-0.05, 0) is 25.1 Å². The van der Waals surface area contributed by atoms with Gasteiger partial charge in [0.2, 0.25) is 11.7 Å². The third-order valence-corrected chi connectivity index (χ3v) is 4.23. The summed E-state index contributed by atoms with van der Waals surface area (Å²) in [6, 6.07) is 7.05. The SMILES string of the molecule is CCOC(=O)c1cc2c(C(=O)c3ccccc3F)nc(N)nc2s1. The number of nitrogens with zero attached hydrogens (tertiary/aromatic N) is 2. The molecule has 2 aromatic heterocycles. The number of carbonyl (C=O) groups excluding carboxylic acids is 2. The van der Waals surface area contributed by atoms with E-state index in [-0.39, 0.29) is 28.7 Å². The zero-order valence-corrected chi connectivity index (χ0v) is 13.4. The summed E-state index contributed by atoms with van der Waals surface area (Å²) in [5, 5.41) is 0.338. The van der Waals surface area contributed by atoms with E-state index in [1.54, 1.807) is 13.0 Å². The number of aromatic nitrogens is 2. The molecule has 0 aliphatic heterocycles. The molecule has 0 saturated heterocycles. The molecule has 1 aromatic carbocycles. The average Bonchev–Trinajstić information content (AvgIpc) is 2.98. The van der Waals surface area contributed by atoms with Gasteiger partial charge in [0, 0.05) is 5.39 Å². The summed E-state index contributed by atoms with van der Waals surface area (Å²) < 4.78 is 18.8. The van der Waals surface area contributed by atoms with Crippen LogP contribution in [0.1, 0.15) is 32.6 Å². The van der Waals surface area contributed by atoms with Crippen LogP contribution in [0.4, 0.5) is 10.3 Å². The van der Waals surface area contributed by atoms with Crippen LogP contribution in [0.25, 0.3) is 10.2 Å². The molecule has 0 bridgehead atoms. The first-order chi connectivity index (χ1) is 11.5. The Labute approximate surface area is 140 Å². The summed E-state index contributed by atoms with van der Waals surface area (Å²) in [5.41, 5.74) is 5.47. The van der Waals surface area contributed by atoms with Gasteiger partial charge < -0.3 is 10.5 Å². The summed E-state index contributed by atoms with van der Waals surface area (Å²) in [6.07, 6.45) is 0. The molecule has 122 valence electrons. The van der Waals surface area contributed by atoms with E-state index < -0.39 is 17.6 Å². The van der Waals surface area contributed by atoms with Crippen LogP contribution >= 0.6 is 11.3 Å². The van der Waals surface area contributed by atoms with Gasteiger partial charge in [0.25, 0.3) is 0 Å². The van der Waals surface area contributed by atoms with Crippen molar-refractivity contribution >= 4 is 39.3 Å². The van der Waals surface area contributed by atoms with Crippen LogP contribution in [0.3, 0.4) is 0 Å². The minimum atomic E-state index is -0.659. The van der Waals surface area contributed by atoms with E-state index in [0.29, 0.717) is 10.2 Å². The predicted octanol–water partition coefficient (Wildman–Crippen LogP) is 2.82. The minimum absolute atomic E-state index is 0.0469. The monoisotopic (exact) mass is 345 g/mol. The molecule has 3 aromatic rings. The lowest BCUT2D eigenvalue weighted by Gasteiger charge is -2.04. The highest BCUT2D eigenvalue weighted by molar-refractivity contribution is 7.20. The maximum atomic E-state index is 13.9. The topological polar surface area (TPSA) is 95.2 Å². The van der Waals surface area contributed by atoms with Crippen molar-refractivity contribution in [2.75, 3.05) is 12.3 Å². The number of rotatable bonds is 4. The highest BCUT2D eigenvalue weighted by Gasteiger charge is 2.22. The zero-order chi connectivity index (χ0) is 17.3. The molecule has 24 heavy (non-hydrogen) atoms. The third kappa shape index (κ3) is 2.83. The molecule has 0 aliphatic carbocycles. The Balaban J connectivity index is 2.15. The van der Waals surface area contributed by atoms with Crippen molar-refractivity contribution in [3.63, 3.8) is 0 Å². The number of halogens is 1. The van der Waals surface area contributed by atoms with Crippen LogP contribution in [-0.4, -0.2) is 28.3 Å². The van der Waals surface area contributed by atoms with E-state index in [9.17, 15) is 14.0 Å². The van der Waals surface area contributed by atoms with Crippen LogP contribution in [0, 0.1) is 5.82 Å². The summed E-state index contributed by atoms with van der Waals surface area (Å²) in [6.45, 7) is 1.91. The predicted molar refractivity (Wildman–Crippen MR) is 87.6 cm³/mol. The Hall–Kier alpha value is -2.87. The van der Waals surface area contributed by atoms with E-state index in [4.69, 9.17) is 10.5 Å². The lowest BCUT2D eigenvalue weighted by molar-refractivity contribution is 0.0532. The molecule has 3 rings (SSSR count). The van der Waals surface area contributed by atoms with Crippen molar-refractivity contribution in [2.24, 2.45) is 0 Å². The largest absolute Gasteiger partial charge is 0.462 e. The Morgan fingerprint density at radius 1 is 1.29 bits per heavy atom. The van der Waals surface area contributed by atoms with Crippen LogP contribution in [0.15, 0.2) is 30.3 Å². The molecular weight excluding hydrogens is 333 g/mol. The average molecular weight is 345 g/mol. The number of thiophene rings is 1. The van der Waals surface area contributed by atoms with Crippen molar-refractivity contribution < 1.29 is 18.7 Å². The number of benzene rings is 1. The number of ketones is 1. The van der Waals surface area contributed by atoms with Crippen LogP contribution < -0.4 is 5.73 Å². The van der Waals surface area contributed by atoms with Crippen molar-refractivity contribution in [1.82, 2.24) is 9.97 Å². The Morgan fingerprint density at radius 2 is 2.04 bits per heavy atom. The molecule has 0 saturated carbocycles. The molecule has 0 aliphatic rings. The number of nitrogen functional groups attached to an aromatic ring is 1. The van der Waals surface area contributed by atoms with E-state index in [1.165, 1.54) is 24.3 Å². The Morgan fingerprint density at radius 3 is 2.75 bits per heavy atom. The third-order valence-electron chi connectivity index (χ3n) is 3.22. The fourth-order valence-electron chi connectivity index (χ4n) is 2.19. The van der Waals surface area contributed by atoms with Gasteiger partial charge in [0.1, 0.15) is 21.2 Å². The summed E-state index contributed by atoms with van der Waals surface area (Å²) in [7, 11) is 0. The molecule has 0 spiro atoms. The van der Waals surface area contributed by atoms with Crippen molar-refractivity contribution in [2.45, 2.75) is 6.92 Å². The van der Waals surface area contributed by atoms with Gasteiger partial charge in [-0.25, -0.2) is 19.2 Å². The lowest BCUT2D eigenvalue weighted by Crippen LogP contribution is -2.09. The zero-order valence-electron chi connectivity index (χ0n) is 12.6. The molecule has 2 N–H and O–H groups in total. The number of ether oxygens (including phenoxy) is 1. The minimum Gasteiger partial charge on any atom is -0.462 e. The number of carbonyl (C=O) groups is 2. The smallest absolute Gasteiger partial charge is 0.348 e. The summed E-state index contributed by atoms with van der Waals surface area (Å²) in [4.78, 5) is 33.1. The van der Waals surface area contributed by atoms with Crippen LogP contribution in [0.5, 0.6) is 0 Å². The van der Waals surface area contributed by atoms with Gasteiger partial charge in [-0.3, -0.25) is 4.79 Å². The molecule has 0 atom stereocenters. The summed E-state index contributed by atoms with van der Waals surface area (Å²) in [5.74, 6) is -1.93. The van der Waals surface area contributed by atoms with Gasteiger partial charge in [-0.1, -0.05) is 12.1 Å². The fraction of sp³-hybridized carbons (Fsp3) is 0.125. The number of anilines is 1. The van der Waals surface area contributed by atoms with Gasteiger partial charge >= 0.3 is 5.97 Å². The van der Waals surface area contributed by atoms with E-state index >= 15 is 0 Å². The van der Waals surface area contributed by atoms with Crippen LogP contribution in [0.2, 0.25) is 0 Å². The molecule has 2 heterocycles. The Bertz CT molecular complexity index is 955. The van der Waals surface area contributed by atoms with E-state index in [0.717, 1.165) is 11.3 Å². The van der Waals surface area contributed by atoms with Crippen molar-refractivity contribution in [3.05, 3.63) is 52.3 Å². The van der Waals surface area contributed by atoms with Crippen molar-refractivity contribution in [3.8, 4) is 0 Å². The second-order valence-electron chi connectivity index (χ2n) is 4.79. The van der Waals surface area contributed by atoms with E-state index in [1.807, 2.05) is 0 Å². The number of esters is 1. The van der Waals surface area contributed by atoms with Gasteiger partial charge in [-0.2, -0.15) is 0 Å². The van der Waals surface area contributed by atoms with Gasteiger partial charge in [0.15, 0.2) is 0 Å². The first-order valence-corrected chi connectivity index (χ1v) is 7.86. The second-order valence-corrected chi connectivity index (χ2v) is 5.82. The molecular formula is C16H12FN3O3S. The first-order valence-electron chi connectivity index (χ1n) is 7.04. The number of nitrogens with two attached hydrogens (primary N) is 1. The molecule has 0 unspecified atom stereocenters. The number of hydrogen-bond acceptors (Lipinski definition) is 7. The highest BCUT2D eigenvalue weighted by atomic mass is 32.1. The molecule has 0 amide bonds. The van der Waals surface area contributed by atoms with Gasteiger partial charge in [0.05, 0.1) is 12.2 Å². The van der Waals surface area contributed by atoms with Gasteiger partial charge in [-0.15, -0.1) is 11.3 Å². The molecule has 0 radical (unpaired) electrons. The molecule has 6 nitrogen and oxygen atoms in total. The maximum Gasteiger partial charge on any atom is 0.348 e. The normalized spacial score (nSPS) is 10.8. The molecule has 0 fully saturated rings. The fourth-order valence-corrected chi connectivity index (χ4v) is 3.12. The standard InChI is InChI=1S/C16H12FN3O3S/c1-2-23-15(22)11-7-9-12(19-16(18)20-14(9)24-11)13(21)8-5-3-4-6-10(8)17/h3-7H,2H2,1H3,(H2,18,19,20). The number of hydrogen-bond donors (Lipinski definition) is 1. The quantitative estimate of drug-likeness (QED) is 0.577. The van der Waals surface area contributed by atoms with E-state index in [2.05, 4.69) is 9.97 Å². The highest BCUT2D eigenvalue weighted by Crippen LogP contribution is 2.29. The number of fused-ring (bicyclic) bond motifs is 1. The summed E-state index contributed by atoms with van der Waals surface area (Å²) >= 11 is 1.04. The van der Waals surface area contributed by atoms with Crippen LogP contribution in [-0.2, 0) is 4.74 Å². The maximum absolute atomic E-state index is 13.9. The first kappa shape index (κ1) is 16.0.